The highest BCUT2D eigenvalue weighted by Crippen LogP contribution is 2.60. The molecule has 4 rings (SSSR count). The third-order valence-corrected chi connectivity index (χ3v) is 8.91. The first-order valence-electron chi connectivity index (χ1n) is 8.47. The standard InChI is InChI=1S/C18H18Br2N2O3/c19-15-10-8-11(16(15)20)14-13(10)17(24)22(18(14)25)7-6-12(23)21-9-4-2-1-3-5-9/h1-5,10-11,13-16H,6-8H2,(H,21,23)/t10-,11+,13-,14-,15-,16+/m0/s1. The fourth-order valence-electron chi connectivity index (χ4n) is 4.59. The minimum Gasteiger partial charge on any atom is -0.326 e. The number of anilines is 1. The number of hydrogen-bond donors (Lipinski definition) is 1. The van der Waals surface area contributed by atoms with E-state index < -0.39 is 0 Å². The molecule has 3 amide bonds. The number of imide groups is 1. The van der Waals surface area contributed by atoms with Crippen LogP contribution in [0.25, 0.3) is 0 Å². The summed E-state index contributed by atoms with van der Waals surface area (Å²) in [5.74, 6) is -0.403. The van der Waals surface area contributed by atoms with Crippen molar-refractivity contribution in [1.29, 1.82) is 0 Å². The van der Waals surface area contributed by atoms with E-state index in [2.05, 4.69) is 37.2 Å². The van der Waals surface area contributed by atoms with E-state index in [1.165, 1.54) is 4.90 Å². The molecule has 2 bridgehead atoms. The van der Waals surface area contributed by atoms with Crippen LogP contribution in [0.5, 0.6) is 0 Å². The molecule has 5 nitrogen and oxygen atoms in total. The summed E-state index contributed by atoms with van der Waals surface area (Å²) in [6.45, 7) is 0.155. The van der Waals surface area contributed by atoms with E-state index in [1.54, 1.807) is 12.1 Å². The largest absolute Gasteiger partial charge is 0.326 e. The number of fused-ring (bicyclic) bond motifs is 5. The van der Waals surface area contributed by atoms with Crippen LogP contribution in [-0.4, -0.2) is 38.8 Å². The lowest BCUT2D eigenvalue weighted by molar-refractivity contribution is -0.140. The number of halogens is 2. The highest BCUT2D eigenvalue weighted by atomic mass is 79.9. The van der Waals surface area contributed by atoms with E-state index in [9.17, 15) is 14.4 Å². The summed E-state index contributed by atoms with van der Waals surface area (Å²) in [5, 5.41) is 2.79. The van der Waals surface area contributed by atoms with Crippen molar-refractivity contribution in [1.82, 2.24) is 4.90 Å². The smallest absolute Gasteiger partial charge is 0.233 e. The Kier molecular flexibility index (Phi) is 4.48. The Balaban J connectivity index is 1.40. The van der Waals surface area contributed by atoms with E-state index in [4.69, 9.17) is 0 Å². The fraction of sp³-hybridized carbons (Fsp3) is 0.500. The Morgan fingerprint density at radius 2 is 1.60 bits per heavy atom. The minimum absolute atomic E-state index is 0.0983. The molecule has 2 saturated carbocycles. The summed E-state index contributed by atoms with van der Waals surface area (Å²) in [6.07, 6.45) is 1.04. The van der Waals surface area contributed by atoms with E-state index >= 15 is 0 Å². The highest BCUT2D eigenvalue weighted by molar-refractivity contribution is 9.12. The zero-order valence-corrected chi connectivity index (χ0v) is 16.6. The molecule has 1 aliphatic heterocycles. The van der Waals surface area contributed by atoms with Crippen LogP contribution in [0.15, 0.2) is 30.3 Å². The van der Waals surface area contributed by atoms with Gasteiger partial charge in [0, 0.05) is 28.3 Å². The highest BCUT2D eigenvalue weighted by Gasteiger charge is 2.66. The van der Waals surface area contributed by atoms with Crippen molar-refractivity contribution >= 4 is 55.3 Å². The van der Waals surface area contributed by atoms with Gasteiger partial charge < -0.3 is 5.32 Å². The van der Waals surface area contributed by atoms with E-state index in [-0.39, 0.29) is 64.0 Å². The van der Waals surface area contributed by atoms with Crippen LogP contribution in [0.2, 0.25) is 0 Å². The number of amides is 3. The number of likely N-dealkylation sites (tertiary alicyclic amines) is 1. The van der Waals surface area contributed by atoms with Crippen molar-refractivity contribution in [3.63, 3.8) is 0 Å². The van der Waals surface area contributed by atoms with Gasteiger partial charge in [-0.1, -0.05) is 50.1 Å². The Bertz CT molecular complexity index is 694. The molecular formula is C18H18Br2N2O3. The topological polar surface area (TPSA) is 66.5 Å². The predicted molar refractivity (Wildman–Crippen MR) is 100 cm³/mol. The molecule has 6 atom stereocenters. The van der Waals surface area contributed by atoms with Crippen LogP contribution >= 0.6 is 31.9 Å². The quantitative estimate of drug-likeness (QED) is 0.544. The molecule has 3 aliphatic rings. The lowest BCUT2D eigenvalue weighted by atomic mass is 9.81. The van der Waals surface area contributed by atoms with Gasteiger partial charge in [-0.15, -0.1) is 0 Å². The normalized spacial score (nSPS) is 36.0. The van der Waals surface area contributed by atoms with Crippen LogP contribution in [0, 0.1) is 23.7 Å². The number of para-hydroxylation sites is 1. The van der Waals surface area contributed by atoms with Crippen molar-refractivity contribution in [2.75, 3.05) is 11.9 Å². The van der Waals surface area contributed by atoms with Gasteiger partial charge in [-0.05, 0) is 30.4 Å². The zero-order valence-electron chi connectivity index (χ0n) is 13.4. The van der Waals surface area contributed by atoms with Crippen LogP contribution < -0.4 is 5.32 Å². The molecular weight excluding hydrogens is 452 g/mol. The Labute approximate surface area is 162 Å². The molecule has 1 aromatic carbocycles. The number of nitrogens with zero attached hydrogens (tertiary/aromatic N) is 1. The minimum atomic E-state index is -0.215. The molecule has 1 saturated heterocycles. The van der Waals surface area contributed by atoms with Gasteiger partial charge in [-0.3, -0.25) is 19.3 Å². The summed E-state index contributed by atoms with van der Waals surface area (Å²) in [4.78, 5) is 39.4. The Hall–Kier alpha value is -1.21. The van der Waals surface area contributed by atoms with Gasteiger partial charge >= 0.3 is 0 Å². The van der Waals surface area contributed by atoms with Crippen molar-refractivity contribution in [3.8, 4) is 0 Å². The number of alkyl halides is 2. The van der Waals surface area contributed by atoms with Crippen LogP contribution in [-0.2, 0) is 14.4 Å². The van der Waals surface area contributed by atoms with Crippen molar-refractivity contribution in [3.05, 3.63) is 30.3 Å². The van der Waals surface area contributed by atoms with Crippen molar-refractivity contribution < 1.29 is 14.4 Å². The average molecular weight is 470 g/mol. The molecule has 1 aromatic rings. The molecule has 0 aromatic heterocycles. The maximum atomic E-state index is 12.7. The van der Waals surface area contributed by atoms with Gasteiger partial charge in [0.1, 0.15) is 0 Å². The summed E-state index contributed by atoms with van der Waals surface area (Å²) in [6, 6.07) is 9.16. The maximum absolute atomic E-state index is 12.7. The van der Waals surface area contributed by atoms with E-state index in [0.717, 1.165) is 6.42 Å². The molecule has 0 spiro atoms. The zero-order chi connectivity index (χ0) is 17.7. The second-order valence-electron chi connectivity index (χ2n) is 7.00. The summed E-state index contributed by atoms with van der Waals surface area (Å²) in [7, 11) is 0. The third-order valence-electron chi connectivity index (χ3n) is 5.70. The van der Waals surface area contributed by atoms with Crippen molar-refractivity contribution in [2.24, 2.45) is 23.7 Å². The van der Waals surface area contributed by atoms with Gasteiger partial charge in [-0.2, -0.15) is 0 Å². The SMILES string of the molecule is O=C(CCN1C(=O)[C@H]2[C@@H]3C[C@@H]([C@@H](Br)[C@H]3Br)[C@@H]2C1=O)Nc1ccccc1. The second-order valence-corrected chi connectivity index (χ2v) is 9.11. The van der Waals surface area contributed by atoms with Gasteiger partial charge in [0.05, 0.1) is 11.8 Å². The number of benzene rings is 1. The first-order chi connectivity index (χ1) is 12.0. The molecule has 0 radical (unpaired) electrons. The third kappa shape index (κ3) is 2.76. The number of rotatable bonds is 4. The van der Waals surface area contributed by atoms with Crippen LogP contribution in [0.4, 0.5) is 5.69 Å². The monoisotopic (exact) mass is 468 g/mol. The lowest BCUT2D eigenvalue weighted by Crippen LogP contribution is -2.37. The molecule has 2 aliphatic carbocycles. The van der Waals surface area contributed by atoms with Crippen molar-refractivity contribution in [2.45, 2.75) is 22.5 Å². The van der Waals surface area contributed by atoms with Gasteiger partial charge in [0.15, 0.2) is 0 Å². The molecule has 132 valence electrons. The van der Waals surface area contributed by atoms with E-state index in [1.807, 2.05) is 18.2 Å². The molecule has 0 unspecified atom stereocenters. The molecule has 1 heterocycles. The molecule has 25 heavy (non-hydrogen) atoms. The molecule has 7 heteroatoms. The number of carbonyl (C=O) groups is 3. The van der Waals surface area contributed by atoms with Crippen LogP contribution in [0.1, 0.15) is 12.8 Å². The maximum Gasteiger partial charge on any atom is 0.233 e. The first kappa shape index (κ1) is 17.2. The van der Waals surface area contributed by atoms with Gasteiger partial charge in [0.2, 0.25) is 17.7 Å². The average Bonchev–Trinajstić information content (AvgIpc) is 3.20. The fourth-order valence-corrected chi connectivity index (χ4v) is 6.46. The van der Waals surface area contributed by atoms with Gasteiger partial charge in [0.25, 0.3) is 0 Å². The second kappa shape index (κ2) is 6.50. The molecule has 1 N–H and O–H groups in total. The van der Waals surface area contributed by atoms with E-state index in [0.29, 0.717) is 5.69 Å². The lowest BCUT2D eigenvalue weighted by Gasteiger charge is -2.28. The Morgan fingerprint density at radius 1 is 1.04 bits per heavy atom. The number of nitrogens with one attached hydrogen (secondary N) is 1. The number of carbonyl (C=O) groups excluding carboxylic acids is 3. The first-order valence-corrected chi connectivity index (χ1v) is 10.3. The summed E-state index contributed by atoms with van der Waals surface area (Å²) < 4.78 is 0. The summed E-state index contributed by atoms with van der Waals surface area (Å²) >= 11 is 7.34. The number of hydrogen-bond acceptors (Lipinski definition) is 3. The summed E-state index contributed by atoms with van der Waals surface area (Å²) in [5.41, 5.74) is 0.714. The predicted octanol–water partition coefficient (Wildman–Crippen LogP) is 2.79. The molecule has 3 fully saturated rings. The Morgan fingerprint density at radius 3 is 2.16 bits per heavy atom. The van der Waals surface area contributed by atoms with Crippen LogP contribution in [0.3, 0.4) is 0 Å². The van der Waals surface area contributed by atoms with Gasteiger partial charge in [-0.25, -0.2) is 0 Å².